The lowest BCUT2D eigenvalue weighted by Crippen LogP contribution is -2.31. The third-order valence-corrected chi connectivity index (χ3v) is 4.12. The number of halogens is 1. The largest absolute Gasteiger partial charge is 0.423 e. The quantitative estimate of drug-likeness (QED) is 0.289. The molecule has 7 heteroatoms. The fourth-order valence-electron chi connectivity index (χ4n) is 2.59. The maximum Gasteiger partial charge on any atom is 0.349 e. The number of hydrogen-bond donors (Lipinski definition) is 1. The standard InChI is InChI=1S/C23H20FNO5/c1-14(2)13-25-22(27)19-11-16-6-9-18(12-20(16)30-23(19)28)29-21(26)10-5-15-3-7-17(24)8-4-15/h3-12,14H,13H2,1-2H3,(H,25,27)/b10-5+. The van der Waals surface area contributed by atoms with E-state index in [1.54, 1.807) is 6.07 Å². The summed E-state index contributed by atoms with van der Waals surface area (Å²) in [4.78, 5) is 36.3. The Morgan fingerprint density at radius 3 is 2.57 bits per heavy atom. The van der Waals surface area contributed by atoms with E-state index >= 15 is 0 Å². The van der Waals surface area contributed by atoms with E-state index in [2.05, 4.69) is 5.32 Å². The summed E-state index contributed by atoms with van der Waals surface area (Å²) in [6, 6.07) is 11.6. The highest BCUT2D eigenvalue weighted by Crippen LogP contribution is 2.21. The molecule has 0 spiro atoms. The van der Waals surface area contributed by atoms with Gasteiger partial charge in [-0.05, 0) is 47.9 Å². The first-order chi connectivity index (χ1) is 14.3. The molecule has 1 aromatic heterocycles. The maximum atomic E-state index is 12.9. The first-order valence-corrected chi connectivity index (χ1v) is 9.33. The number of hydrogen-bond acceptors (Lipinski definition) is 5. The van der Waals surface area contributed by atoms with Crippen molar-refractivity contribution in [3.8, 4) is 5.75 Å². The highest BCUT2D eigenvalue weighted by atomic mass is 19.1. The van der Waals surface area contributed by atoms with Crippen molar-refractivity contribution in [3.63, 3.8) is 0 Å². The van der Waals surface area contributed by atoms with Gasteiger partial charge in [-0.3, -0.25) is 4.79 Å². The summed E-state index contributed by atoms with van der Waals surface area (Å²) in [5, 5.41) is 3.19. The topological polar surface area (TPSA) is 85.6 Å². The number of carbonyl (C=O) groups excluding carboxylic acids is 2. The van der Waals surface area contributed by atoms with Gasteiger partial charge >= 0.3 is 11.6 Å². The molecule has 1 N–H and O–H groups in total. The van der Waals surface area contributed by atoms with E-state index in [-0.39, 0.29) is 28.6 Å². The van der Waals surface area contributed by atoms with Crippen LogP contribution in [0.4, 0.5) is 4.39 Å². The highest BCUT2D eigenvalue weighted by molar-refractivity contribution is 5.97. The van der Waals surface area contributed by atoms with Crippen LogP contribution in [0.5, 0.6) is 5.75 Å². The second kappa shape index (κ2) is 9.17. The van der Waals surface area contributed by atoms with E-state index in [4.69, 9.17) is 9.15 Å². The first kappa shape index (κ1) is 21.0. The monoisotopic (exact) mass is 409 g/mol. The van der Waals surface area contributed by atoms with Crippen molar-refractivity contribution >= 4 is 28.9 Å². The molecule has 0 radical (unpaired) electrons. The number of fused-ring (bicyclic) bond motifs is 1. The van der Waals surface area contributed by atoms with Gasteiger partial charge in [-0.1, -0.05) is 26.0 Å². The normalized spacial score (nSPS) is 11.2. The maximum absolute atomic E-state index is 12.9. The van der Waals surface area contributed by atoms with Gasteiger partial charge in [0.1, 0.15) is 22.7 Å². The fraction of sp³-hybridized carbons (Fsp3) is 0.174. The van der Waals surface area contributed by atoms with Crippen molar-refractivity contribution in [2.75, 3.05) is 6.54 Å². The molecule has 154 valence electrons. The summed E-state index contributed by atoms with van der Waals surface area (Å²) in [7, 11) is 0. The number of rotatable bonds is 6. The van der Waals surface area contributed by atoms with Gasteiger partial charge in [-0.25, -0.2) is 14.0 Å². The van der Waals surface area contributed by atoms with Crippen LogP contribution < -0.4 is 15.7 Å². The predicted octanol–water partition coefficient (Wildman–Crippen LogP) is 3.94. The first-order valence-electron chi connectivity index (χ1n) is 9.33. The fourth-order valence-corrected chi connectivity index (χ4v) is 2.59. The lowest BCUT2D eigenvalue weighted by molar-refractivity contribution is -0.128. The number of ether oxygens (including phenoxy) is 1. The molecule has 0 bridgehead atoms. The van der Waals surface area contributed by atoms with E-state index < -0.39 is 17.5 Å². The van der Waals surface area contributed by atoms with Crippen molar-refractivity contribution in [3.05, 3.63) is 82.0 Å². The summed E-state index contributed by atoms with van der Waals surface area (Å²) in [5.41, 5.74) is -0.0343. The molecule has 0 aliphatic heterocycles. The van der Waals surface area contributed by atoms with Crippen molar-refractivity contribution in [1.82, 2.24) is 5.32 Å². The molecule has 0 unspecified atom stereocenters. The molecule has 0 aliphatic carbocycles. The van der Waals surface area contributed by atoms with Gasteiger partial charge in [0, 0.05) is 24.1 Å². The molecule has 1 heterocycles. The summed E-state index contributed by atoms with van der Waals surface area (Å²) < 4.78 is 23.3. The van der Waals surface area contributed by atoms with Crippen LogP contribution in [0.2, 0.25) is 0 Å². The third-order valence-electron chi connectivity index (χ3n) is 4.12. The Morgan fingerprint density at radius 1 is 1.13 bits per heavy atom. The number of nitrogens with one attached hydrogen (secondary N) is 1. The average molecular weight is 409 g/mol. The second-order valence-corrected chi connectivity index (χ2v) is 7.06. The minimum absolute atomic E-state index is 0.0878. The predicted molar refractivity (Wildman–Crippen MR) is 111 cm³/mol. The molecular weight excluding hydrogens is 389 g/mol. The van der Waals surface area contributed by atoms with Crippen LogP contribution >= 0.6 is 0 Å². The van der Waals surface area contributed by atoms with Crippen LogP contribution in [-0.4, -0.2) is 18.4 Å². The molecule has 6 nitrogen and oxygen atoms in total. The van der Waals surface area contributed by atoms with Crippen molar-refractivity contribution < 1.29 is 23.1 Å². The van der Waals surface area contributed by atoms with Crippen LogP contribution in [0.15, 0.2) is 63.8 Å². The molecule has 0 saturated carbocycles. The SMILES string of the molecule is CC(C)CNC(=O)c1cc2ccc(OC(=O)/C=C/c3ccc(F)cc3)cc2oc1=O. The Balaban J connectivity index is 1.74. The zero-order chi connectivity index (χ0) is 21.7. The van der Waals surface area contributed by atoms with Crippen LogP contribution in [0.3, 0.4) is 0 Å². The smallest absolute Gasteiger partial charge is 0.349 e. The molecule has 0 saturated heterocycles. The molecule has 1 amide bonds. The van der Waals surface area contributed by atoms with E-state index in [1.165, 1.54) is 54.6 Å². The van der Waals surface area contributed by atoms with Gasteiger partial charge in [0.2, 0.25) is 0 Å². The van der Waals surface area contributed by atoms with E-state index in [0.717, 1.165) is 0 Å². The molecule has 30 heavy (non-hydrogen) atoms. The third kappa shape index (κ3) is 5.41. The number of benzene rings is 2. The van der Waals surface area contributed by atoms with E-state index in [9.17, 15) is 18.8 Å². The molecule has 3 rings (SSSR count). The second-order valence-electron chi connectivity index (χ2n) is 7.06. The lowest BCUT2D eigenvalue weighted by atomic mass is 10.1. The molecule has 0 aliphatic rings. The van der Waals surface area contributed by atoms with Crippen LogP contribution in [0.25, 0.3) is 17.0 Å². The zero-order valence-electron chi connectivity index (χ0n) is 16.5. The van der Waals surface area contributed by atoms with Gasteiger partial charge in [0.15, 0.2) is 0 Å². The van der Waals surface area contributed by atoms with Crippen LogP contribution in [0.1, 0.15) is 29.8 Å². The Morgan fingerprint density at radius 2 is 1.87 bits per heavy atom. The van der Waals surface area contributed by atoms with E-state index in [1.807, 2.05) is 13.8 Å². The molecule has 0 fully saturated rings. The van der Waals surface area contributed by atoms with Gasteiger partial charge in [0.25, 0.3) is 5.91 Å². The molecule has 2 aromatic carbocycles. The Hall–Kier alpha value is -3.74. The van der Waals surface area contributed by atoms with Crippen molar-refractivity contribution in [1.29, 1.82) is 0 Å². The summed E-state index contributed by atoms with van der Waals surface area (Å²) in [5.74, 6) is -1.09. The number of carbonyl (C=O) groups is 2. The Labute approximate surface area is 172 Å². The average Bonchev–Trinajstić information content (AvgIpc) is 2.71. The zero-order valence-corrected chi connectivity index (χ0v) is 16.5. The Kier molecular flexibility index (Phi) is 6.41. The van der Waals surface area contributed by atoms with Crippen molar-refractivity contribution in [2.24, 2.45) is 5.92 Å². The van der Waals surface area contributed by atoms with Gasteiger partial charge in [0.05, 0.1) is 0 Å². The van der Waals surface area contributed by atoms with Gasteiger partial charge in [-0.15, -0.1) is 0 Å². The highest BCUT2D eigenvalue weighted by Gasteiger charge is 2.14. The summed E-state index contributed by atoms with van der Waals surface area (Å²) in [6.45, 7) is 4.33. The van der Waals surface area contributed by atoms with Crippen LogP contribution in [0, 0.1) is 11.7 Å². The summed E-state index contributed by atoms with van der Waals surface area (Å²) >= 11 is 0. The minimum Gasteiger partial charge on any atom is -0.423 e. The van der Waals surface area contributed by atoms with E-state index in [0.29, 0.717) is 17.5 Å². The molecular formula is C23H20FNO5. The number of amides is 1. The van der Waals surface area contributed by atoms with Gasteiger partial charge < -0.3 is 14.5 Å². The molecule has 3 aromatic rings. The number of esters is 1. The minimum atomic E-state index is -0.775. The van der Waals surface area contributed by atoms with Gasteiger partial charge in [-0.2, -0.15) is 0 Å². The summed E-state index contributed by atoms with van der Waals surface area (Å²) in [6.07, 6.45) is 2.70. The Bertz CT molecular complexity index is 1160. The van der Waals surface area contributed by atoms with Crippen LogP contribution in [-0.2, 0) is 4.79 Å². The van der Waals surface area contributed by atoms with Crippen molar-refractivity contribution in [2.45, 2.75) is 13.8 Å². The lowest BCUT2D eigenvalue weighted by Gasteiger charge is -2.08. The molecule has 0 atom stereocenters.